The Labute approximate surface area is 231 Å². The van der Waals surface area contributed by atoms with Crippen LogP contribution in [-0.4, -0.2) is 28.0 Å². The number of ether oxygens (including phenoxy) is 1. The molecule has 4 rings (SSSR count). The van der Waals surface area contributed by atoms with Crippen LogP contribution >= 0.6 is 0 Å². The minimum atomic E-state index is -1.09. The van der Waals surface area contributed by atoms with Gasteiger partial charge in [0.1, 0.15) is 23.2 Å². The SMILES string of the molecule is C=C(C)C[C@H](NC(=O)c1cc2ccc(Oc3ccc(C(C)(C)C)cc3)cc2c(C2CCCCCC2)n1)C(=O)O. The van der Waals surface area contributed by atoms with Gasteiger partial charge in [0.25, 0.3) is 5.91 Å². The molecular weight excluding hydrogens is 488 g/mol. The summed E-state index contributed by atoms with van der Waals surface area (Å²) >= 11 is 0. The predicted octanol–water partition coefficient (Wildman–Crippen LogP) is 7.91. The number of carbonyl (C=O) groups is 2. The third kappa shape index (κ3) is 7.25. The van der Waals surface area contributed by atoms with Crippen molar-refractivity contribution in [3.8, 4) is 11.5 Å². The highest BCUT2D eigenvalue weighted by molar-refractivity contribution is 5.99. The highest BCUT2D eigenvalue weighted by atomic mass is 16.5. The lowest BCUT2D eigenvalue weighted by molar-refractivity contribution is -0.139. The molecule has 1 aliphatic carbocycles. The van der Waals surface area contributed by atoms with Crippen LogP contribution in [-0.2, 0) is 10.2 Å². The van der Waals surface area contributed by atoms with Crippen molar-refractivity contribution in [1.29, 1.82) is 0 Å². The second-order valence-corrected chi connectivity index (χ2v) is 11.9. The van der Waals surface area contributed by atoms with Crippen molar-refractivity contribution in [3.63, 3.8) is 0 Å². The Morgan fingerprint density at radius 3 is 2.26 bits per heavy atom. The number of hydrogen-bond donors (Lipinski definition) is 2. The maximum Gasteiger partial charge on any atom is 0.326 e. The summed E-state index contributed by atoms with van der Waals surface area (Å²) in [7, 11) is 0. The van der Waals surface area contributed by atoms with E-state index in [9.17, 15) is 14.7 Å². The fourth-order valence-corrected chi connectivity index (χ4v) is 5.24. The van der Waals surface area contributed by atoms with Gasteiger partial charge in [0.2, 0.25) is 0 Å². The van der Waals surface area contributed by atoms with Gasteiger partial charge in [0.15, 0.2) is 0 Å². The number of benzene rings is 2. The Morgan fingerprint density at radius 2 is 1.67 bits per heavy atom. The van der Waals surface area contributed by atoms with Gasteiger partial charge >= 0.3 is 5.97 Å². The van der Waals surface area contributed by atoms with E-state index in [2.05, 4.69) is 44.8 Å². The molecule has 6 nitrogen and oxygen atoms in total. The zero-order valence-electron chi connectivity index (χ0n) is 23.5. The van der Waals surface area contributed by atoms with Crippen LogP contribution in [0.3, 0.4) is 0 Å². The Balaban J connectivity index is 1.69. The number of pyridine rings is 1. The normalized spacial score (nSPS) is 15.4. The summed E-state index contributed by atoms with van der Waals surface area (Å²) in [4.78, 5) is 29.8. The lowest BCUT2D eigenvalue weighted by Gasteiger charge is -2.20. The van der Waals surface area contributed by atoms with Gasteiger partial charge in [-0.15, -0.1) is 6.58 Å². The van der Waals surface area contributed by atoms with Gasteiger partial charge in [-0.05, 0) is 72.9 Å². The molecule has 0 radical (unpaired) electrons. The predicted molar refractivity (Wildman–Crippen MR) is 156 cm³/mol. The van der Waals surface area contributed by atoms with Crippen LogP contribution in [0.2, 0.25) is 0 Å². The van der Waals surface area contributed by atoms with Gasteiger partial charge in [0, 0.05) is 11.3 Å². The molecule has 3 aromatic rings. The molecule has 1 saturated carbocycles. The second kappa shape index (κ2) is 12.0. The van der Waals surface area contributed by atoms with Gasteiger partial charge in [0.05, 0.1) is 5.69 Å². The summed E-state index contributed by atoms with van der Waals surface area (Å²) in [6.07, 6.45) is 6.85. The quantitative estimate of drug-likeness (QED) is 0.229. The minimum Gasteiger partial charge on any atom is -0.480 e. The summed E-state index contributed by atoms with van der Waals surface area (Å²) in [5.74, 6) is 0.134. The van der Waals surface area contributed by atoms with Crippen LogP contribution in [0.25, 0.3) is 10.8 Å². The molecule has 1 aliphatic rings. The van der Waals surface area contributed by atoms with E-state index < -0.39 is 17.9 Å². The maximum atomic E-state index is 13.2. The zero-order chi connectivity index (χ0) is 28.2. The molecule has 39 heavy (non-hydrogen) atoms. The summed E-state index contributed by atoms with van der Waals surface area (Å²) in [5, 5.41) is 14.1. The number of carbonyl (C=O) groups excluding carboxylic acids is 1. The molecule has 0 spiro atoms. The van der Waals surface area contributed by atoms with E-state index in [1.165, 1.54) is 18.4 Å². The Bertz CT molecular complexity index is 1350. The van der Waals surface area contributed by atoms with E-state index in [0.717, 1.165) is 47.9 Å². The van der Waals surface area contributed by atoms with Gasteiger partial charge in [-0.2, -0.15) is 0 Å². The van der Waals surface area contributed by atoms with Crippen molar-refractivity contribution in [3.05, 3.63) is 77.6 Å². The average molecular weight is 529 g/mol. The smallest absolute Gasteiger partial charge is 0.326 e. The van der Waals surface area contributed by atoms with Crippen molar-refractivity contribution in [2.75, 3.05) is 0 Å². The Morgan fingerprint density at radius 1 is 1.03 bits per heavy atom. The van der Waals surface area contributed by atoms with Gasteiger partial charge in [-0.25, -0.2) is 9.78 Å². The van der Waals surface area contributed by atoms with E-state index in [-0.39, 0.29) is 23.4 Å². The molecule has 0 unspecified atom stereocenters. The standard InChI is InChI=1S/C33H40N2O4/c1-21(2)18-29(32(37)38)35-31(36)28-19-23-12-15-26(39-25-16-13-24(14-17-25)33(3,4)5)20-27(23)30(34-28)22-10-8-6-7-9-11-22/h12-17,19-20,22,29H,1,6-11,18H2,2-5H3,(H,35,36)(H,37,38)/t29-/m0/s1. The number of fused-ring (bicyclic) bond motifs is 1. The first-order valence-corrected chi connectivity index (χ1v) is 13.9. The summed E-state index contributed by atoms with van der Waals surface area (Å²) in [5.41, 5.74) is 3.13. The molecule has 1 heterocycles. The van der Waals surface area contributed by atoms with Crippen LogP contribution < -0.4 is 10.1 Å². The third-order valence-electron chi connectivity index (χ3n) is 7.42. The number of carboxylic acids is 1. The monoisotopic (exact) mass is 528 g/mol. The summed E-state index contributed by atoms with van der Waals surface area (Å²) in [6, 6.07) is 14.7. The molecule has 1 atom stereocenters. The van der Waals surface area contributed by atoms with E-state index >= 15 is 0 Å². The van der Waals surface area contributed by atoms with E-state index in [1.54, 1.807) is 13.0 Å². The summed E-state index contributed by atoms with van der Waals surface area (Å²) < 4.78 is 6.23. The highest BCUT2D eigenvalue weighted by Crippen LogP contribution is 2.37. The number of aliphatic carboxylic acids is 1. The average Bonchev–Trinajstić information content (AvgIpc) is 3.17. The van der Waals surface area contributed by atoms with Crippen molar-refractivity contribution < 1.29 is 19.4 Å². The Kier molecular flexibility index (Phi) is 8.73. The van der Waals surface area contributed by atoms with E-state index in [1.807, 2.05) is 30.3 Å². The van der Waals surface area contributed by atoms with E-state index in [0.29, 0.717) is 11.3 Å². The maximum absolute atomic E-state index is 13.2. The van der Waals surface area contributed by atoms with Crippen LogP contribution in [0, 0.1) is 0 Å². The fourth-order valence-electron chi connectivity index (χ4n) is 5.24. The third-order valence-corrected chi connectivity index (χ3v) is 7.42. The molecule has 6 heteroatoms. The molecule has 1 amide bonds. The first-order valence-electron chi connectivity index (χ1n) is 13.9. The zero-order valence-corrected chi connectivity index (χ0v) is 23.5. The fraction of sp³-hybridized carbons (Fsp3) is 0.424. The van der Waals surface area contributed by atoms with Crippen molar-refractivity contribution >= 4 is 22.6 Å². The Hall–Kier alpha value is -3.67. The number of nitrogens with one attached hydrogen (secondary N) is 1. The largest absolute Gasteiger partial charge is 0.480 e. The molecule has 2 N–H and O–H groups in total. The minimum absolute atomic E-state index is 0.0692. The van der Waals surface area contributed by atoms with Gasteiger partial charge < -0.3 is 15.2 Å². The van der Waals surface area contributed by atoms with Crippen molar-refractivity contribution in [1.82, 2.24) is 10.3 Å². The molecule has 206 valence electrons. The molecule has 0 bridgehead atoms. The van der Waals surface area contributed by atoms with Gasteiger partial charge in [-0.1, -0.05) is 70.2 Å². The van der Waals surface area contributed by atoms with Crippen LogP contribution in [0.15, 0.2) is 60.7 Å². The van der Waals surface area contributed by atoms with Crippen molar-refractivity contribution in [2.45, 2.75) is 90.0 Å². The summed E-state index contributed by atoms with van der Waals surface area (Å²) in [6.45, 7) is 12.1. The lowest BCUT2D eigenvalue weighted by atomic mass is 9.87. The van der Waals surface area contributed by atoms with Crippen molar-refractivity contribution in [2.24, 2.45) is 0 Å². The first-order chi connectivity index (χ1) is 18.5. The number of rotatable bonds is 8. The number of hydrogen-bond acceptors (Lipinski definition) is 4. The molecular formula is C33H40N2O4. The number of nitrogens with zero attached hydrogens (tertiary/aromatic N) is 1. The number of carboxylic acid groups (broad SMARTS) is 1. The molecule has 2 aromatic carbocycles. The van der Waals surface area contributed by atoms with Crippen LogP contribution in [0.4, 0.5) is 0 Å². The van der Waals surface area contributed by atoms with Crippen LogP contribution in [0.1, 0.15) is 100 Å². The molecule has 1 fully saturated rings. The molecule has 0 aliphatic heterocycles. The second-order valence-electron chi connectivity index (χ2n) is 11.9. The molecule has 0 saturated heterocycles. The number of amides is 1. The van der Waals surface area contributed by atoms with Crippen LogP contribution in [0.5, 0.6) is 11.5 Å². The lowest BCUT2D eigenvalue weighted by Crippen LogP contribution is -2.41. The molecule has 1 aromatic heterocycles. The van der Waals surface area contributed by atoms with E-state index in [4.69, 9.17) is 9.72 Å². The first kappa shape index (κ1) is 28.3. The highest BCUT2D eigenvalue weighted by Gasteiger charge is 2.25. The van der Waals surface area contributed by atoms with Gasteiger partial charge in [-0.3, -0.25) is 4.79 Å². The topological polar surface area (TPSA) is 88.5 Å². The number of aromatic nitrogens is 1.